The molecule has 3 aromatic carbocycles. The standard InChI is InChI=1S/C26H26N2O4/c1-4-32-20-15-11-18(12-16-20)27-25(29)23-21-7-5-6-8-22(21)26(30)28(2)24(23)17-9-13-19(31-3)14-10-17/h5-16,23-24H,4H2,1-3H3,(H,27,29). The molecule has 2 amide bonds. The minimum atomic E-state index is -0.575. The van der Waals surface area contributed by atoms with Crippen molar-refractivity contribution in [2.24, 2.45) is 0 Å². The van der Waals surface area contributed by atoms with Gasteiger partial charge in [0.25, 0.3) is 5.91 Å². The van der Waals surface area contributed by atoms with Crippen molar-refractivity contribution in [3.63, 3.8) is 0 Å². The Balaban J connectivity index is 1.72. The Kier molecular flexibility index (Phi) is 6.12. The van der Waals surface area contributed by atoms with Gasteiger partial charge in [0.05, 0.1) is 25.7 Å². The van der Waals surface area contributed by atoms with Crippen LogP contribution < -0.4 is 14.8 Å². The summed E-state index contributed by atoms with van der Waals surface area (Å²) in [7, 11) is 3.35. The maximum Gasteiger partial charge on any atom is 0.254 e. The summed E-state index contributed by atoms with van der Waals surface area (Å²) < 4.78 is 10.8. The minimum absolute atomic E-state index is 0.105. The number of methoxy groups -OCH3 is 1. The number of fused-ring (bicyclic) bond motifs is 1. The van der Waals surface area contributed by atoms with E-state index in [1.807, 2.05) is 73.7 Å². The summed E-state index contributed by atoms with van der Waals surface area (Å²) >= 11 is 0. The van der Waals surface area contributed by atoms with E-state index >= 15 is 0 Å². The fourth-order valence-corrected chi connectivity index (χ4v) is 4.20. The Morgan fingerprint density at radius 2 is 1.62 bits per heavy atom. The van der Waals surface area contributed by atoms with Gasteiger partial charge < -0.3 is 19.7 Å². The fourth-order valence-electron chi connectivity index (χ4n) is 4.20. The number of ether oxygens (including phenoxy) is 2. The lowest BCUT2D eigenvalue weighted by Crippen LogP contribution is -2.44. The molecule has 2 atom stereocenters. The predicted molar refractivity (Wildman–Crippen MR) is 123 cm³/mol. The SMILES string of the molecule is CCOc1ccc(NC(=O)C2c3ccccc3C(=O)N(C)C2c2ccc(OC)cc2)cc1. The summed E-state index contributed by atoms with van der Waals surface area (Å²) in [5.74, 6) is 0.603. The molecule has 1 aliphatic rings. The highest BCUT2D eigenvalue weighted by atomic mass is 16.5. The molecule has 6 nitrogen and oxygen atoms in total. The van der Waals surface area contributed by atoms with E-state index in [0.29, 0.717) is 23.6 Å². The quantitative estimate of drug-likeness (QED) is 0.619. The van der Waals surface area contributed by atoms with E-state index in [-0.39, 0.29) is 11.8 Å². The zero-order chi connectivity index (χ0) is 22.7. The van der Waals surface area contributed by atoms with Crippen LogP contribution in [0.2, 0.25) is 0 Å². The monoisotopic (exact) mass is 430 g/mol. The second kappa shape index (κ2) is 9.14. The van der Waals surface area contributed by atoms with Crippen molar-refractivity contribution in [3.05, 3.63) is 89.5 Å². The molecule has 6 heteroatoms. The molecule has 164 valence electrons. The molecule has 0 aliphatic carbocycles. The largest absolute Gasteiger partial charge is 0.497 e. The molecule has 4 rings (SSSR count). The van der Waals surface area contributed by atoms with Crippen LogP contribution in [-0.4, -0.2) is 37.5 Å². The molecule has 0 saturated heterocycles. The summed E-state index contributed by atoms with van der Waals surface area (Å²) in [4.78, 5) is 28.3. The van der Waals surface area contributed by atoms with Crippen LogP contribution in [0.25, 0.3) is 0 Å². The lowest BCUT2D eigenvalue weighted by atomic mass is 9.79. The highest BCUT2D eigenvalue weighted by molar-refractivity contribution is 6.04. The molecule has 2 unspecified atom stereocenters. The van der Waals surface area contributed by atoms with Gasteiger partial charge in [-0.3, -0.25) is 9.59 Å². The van der Waals surface area contributed by atoms with Gasteiger partial charge in [0.2, 0.25) is 5.91 Å². The van der Waals surface area contributed by atoms with Crippen LogP contribution in [0.3, 0.4) is 0 Å². The van der Waals surface area contributed by atoms with Gasteiger partial charge in [-0.1, -0.05) is 30.3 Å². The van der Waals surface area contributed by atoms with Gasteiger partial charge in [0, 0.05) is 18.3 Å². The topological polar surface area (TPSA) is 67.9 Å². The van der Waals surface area contributed by atoms with Gasteiger partial charge in [-0.05, 0) is 60.5 Å². The summed E-state index contributed by atoms with van der Waals surface area (Å²) in [5, 5.41) is 3.02. The van der Waals surface area contributed by atoms with Gasteiger partial charge in [0.15, 0.2) is 0 Å². The van der Waals surface area contributed by atoms with Crippen molar-refractivity contribution in [2.75, 3.05) is 26.1 Å². The van der Waals surface area contributed by atoms with E-state index in [9.17, 15) is 9.59 Å². The van der Waals surface area contributed by atoms with Crippen LogP contribution >= 0.6 is 0 Å². The van der Waals surface area contributed by atoms with Gasteiger partial charge in [-0.15, -0.1) is 0 Å². The Hall–Kier alpha value is -3.80. The molecular weight excluding hydrogens is 404 g/mol. The van der Waals surface area contributed by atoms with Crippen molar-refractivity contribution in [1.82, 2.24) is 4.90 Å². The highest BCUT2D eigenvalue weighted by Gasteiger charge is 2.42. The molecule has 0 aromatic heterocycles. The van der Waals surface area contributed by atoms with Crippen LogP contribution in [0.4, 0.5) is 5.69 Å². The molecule has 0 bridgehead atoms. The normalized spacial score (nSPS) is 17.5. The number of hydrogen-bond donors (Lipinski definition) is 1. The van der Waals surface area contributed by atoms with Crippen LogP contribution in [0.5, 0.6) is 11.5 Å². The van der Waals surface area contributed by atoms with E-state index in [2.05, 4.69) is 5.32 Å². The average Bonchev–Trinajstić information content (AvgIpc) is 2.82. The Bertz CT molecular complexity index is 1110. The Morgan fingerprint density at radius 1 is 0.969 bits per heavy atom. The maximum atomic E-state index is 13.6. The first kappa shape index (κ1) is 21.4. The van der Waals surface area contributed by atoms with Crippen LogP contribution in [0.15, 0.2) is 72.8 Å². The van der Waals surface area contributed by atoms with Gasteiger partial charge in [-0.25, -0.2) is 0 Å². The van der Waals surface area contributed by atoms with E-state index in [1.54, 1.807) is 25.1 Å². The number of benzene rings is 3. The van der Waals surface area contributed by atoms with Crippen LogP contribution in [-0.2, 0) is 4.79 Å². The molecule has 0 radical (unpaired) electrons. The predicted octanol–water partition coefficient (Wildman–Crippen LogP) is 4.64. The second-order valence-corrected chi connectivity index (χ2v) is 7.65. The zero-order valence-electron chi connectivity index (χ0n) is 18.4. The number of likely N-dealkylation sites (N-methyl/N-ethyl adjacent to an activating group) is 1. The van der Waals surface area contributed by atoms with Crippen LogP contribution in [0, 0.1) is 0 Å². The maximum absolute atomic E-state index is 13.6. The lowest BCUT2D eigenvalue weighted by Gasteiger charge is -2.39. The van der Waals surface area contributed by atoms with Crippen molar-refractivity contribution in [1.29, 1.82) is 0 Å². The van der Waals surface area contributed by atoms with Gasteiger partial charge in [0.1, 0.15) is 11.5 Å². The van der Waals surface area contributed by atoms with E-state index in [1.165, 1.54) is 0 Å². The van der Waals surface area contributed by atoms with Crippen molar-refractivity contribution in [2.45, 2.75) is 18.9 Å². The number of hydrogen-bond acceptors (Lipinski definition) is 4. The molecule has 1 N–H and O–H groups in total. The van der Waals surface area contributed by atoms with E-state index in [4.69, 9.17) is 9.47 Å². The minimum Gasteiger partial charge on any atom is -0.497 e. The van der Waals surface area contributed by atoms with E-state index in [0.717, 1.165) is 16.9 Å². The number of anilines is 1. The molecule has 0 fully saturated rings. The summed E-state index contributed by atoms with van der Waals surface area (Å²) in [6.07, 6.45) is 0. The first-order valence-corrected chi connectivity index (χ1v) is 10.6. The molecule has 0 saturated carbocycles. The third-order valence-corrected chi connectivity index (χ3v) is 5.75. The van der Waals surface area contributed by atoms with Crippen molar-refractivity contribution < 1.29 is 19.1 Å². The number of nitrogens with one attached hydrogen (secondary N) is 1. The van der Waals surface area contributed by atoms with Crippen molar-refractivity contribution in [3.8, 4) is 11.5 Å². The number of rotatable bonds is 6. The molecule has 3 aromatic rings. The smallest absolute Gasteiger partial charge is 0.254 e. The highest BCUT2D eigenvalue weighted by Crippen LogP contribution is 2.42. The number of nitrogens with zero attached hydrogens (tertiary/aromatic N) is 1. The molecular formula is C26H26N2O4. The summed E-state index contributed by atoms with van der Waals surface area (Å²) in [6, 6.07) is 21.6. The Morgan fingerprint density at radius 3 is 2.28 bits per heavy atom. The summed E-state index contributed by atoms with van der Waals surface area (Å²) in [5.41, 5.74) is 2.80. The molecule has 32 heavy (non-hydrogen) atoms. The van der Waals surface area contributed by atoms with Crippen molar-refractivity contribution >= 4 is 17.5 Å². The number of carbonyl (C=O) groups is 2. The molecule has 1 aliphatic heterocycles. The molecule has 0 spiro atoms. The summed E-state index contributed by atoms with van der Waals surface area (Å²) in [6.45, 7) is 2.50. The molecule has 1 heterocycles. The van der Waals surface area contributed by atoms with Gasteiger partial charge >= 0.3 is 0 Å². The van der Waals surface area contributed by atoms with Crippen LogP contribution in [0.1, 0.15) is 40.4 Å². The zero-order valence-corrected chi connectivity index (χ0v) is 18.4. The fraction of sp³-hybridized carbons (Fsp3) is 0.231. The third-order valence-electron chi connectivity index (χ3n) is 5.75. The lowest BCUT2D eigenvalue weighted by molar-refractivity contribution is -0.119. The number of amides is 2. The average molecular weight is 431 g/mol. The van der Waals surface area contributed by atoms with Gasteiger partial charge in [-0.2, -0.15) is 0 Å². The first-order valence-electron chi connectivity index (χ1n) is 10.6. The third kappa shape index (κ3) is 4.04. The number of carbonyl (C=O) groups excluding carboxylic acids is 2. The Labute approximate surface area is 187 Å². The first-order chi connectivity index (χ1) is 15.5. The second-order valence-electron chi connectivity index (χ2n) is 7.65. The van der Waals surface area contributed by atoms with E-state index < -0.39 is 12.0 Å².